The average molecular weight is 522 g/mol. The van der Waals surface area contributed by atoms with Gasteiger partial charge in [0.15, 0.2) is 0 Å². The molecule has 0 saturated carbocycles. The van der Waals surface area contributed by atoms with Crippen LogP contribution >= 0.6 is 11.6 Å². The van der Waals surface area contributed by atoms with Gasteiger partial charge in [-0.3, -0.25) is 9.59 Å². The summed E-state index contributed by atoms with van der Waals surface area (Å²) in [7, 11) is 1.65. The van der Waals surface area contributed by atoms with Crippen molar-refractivity contribution in [2.75, 3.05) is 33.4 Å². The van der Waals surface area contributed by atoms with Crippen LogP contribution in [0.4, 0.5) is 0 Å². The molecule has 2 N–H and O–H groups in total. The number of rotatable bonds is 10. The lowest BCUT2D eigenvalue weighted by molar-refractivity contribution is -0.133. The first-order valence-corrected chi connectivity index (χ1v) is 13.4. The number of hydrogen-bond acceptors (Lipinski definition) is 4. The van der Waals surface area contributed by atoms with E-state index in [1.807, 2.05) is 47.4 Å². The van der Waals surface area contributed by atoms with E-state index in [4.69, 9.17) is 16.3 Å². The van der Waals surface area contributed by atoms with Gasteiger partial charge in [-0.25, -0.2) is 0 Å². The Morgan fingerprint density at radius 1 is 1.14 bits per heavy atom. The Labute approximate surface area is 224 Å². The molecule has 7 heteroatoms. The molecule has 3 aromatic rings. The lowest BCUT2D eigenvalue weighted by Crippen LogP contribution is -2.49. The number of hydrogen-bond donors (Lipinski definition) is 2. The molecular formula is C30H36ClN3O3. The van der Waals surface area contributed by atoms with E-state index in [1.54, 1.807) is 7.11 Å². The molecule has 0 spiro atoms. The number of halogens is 1. The van der Waals surface area contributed by atoms with Crippen LogP contribution in [0.25, 0.3) is 10.8 Å². The second-order valence-electron chi connectivity index (χ2n) is 9.70. The molecule has 3 atom stereocenters. The third-order valence-corrected chi connectivity index (χ3v) is 7.42. The van der Waals surface area contributed by atoms with E-state index in [0.717, 1.165) is 23.6 Å². The van der Waals surface area contributed by atoms with Crippen molar-refractivity contribution in [1.82, 2.24) is 15.5 Å². The zero-order chi connectivity index (χ0) is 26.2. The molecule has 196 valence electrons. The van der Waals surface area contributed by atoms with Crippen LogP contribution in [0.2, 0.25) is 5.02 Å². The molecule has 37 heavy (non-hydrogen) atoms. The molecule has 0 unspecified atom stereocenters. The van der Waals surface area contributed by atoms with Gasteiger partial charge in [0.1, 0.15) is 0 Å². The van der Waals surface area contributed by atoms with E-state index in [2.05, 4.69) is 41.8 Å². The van der Waals surface area contributed by atoms with Gasteiger partial charge in [0, 0.05) is 55.9 Å². The molecule has 4 rings (SSSR count). The van der Waals surface area contributed by atoms with Crippen LogP contribution < -0.4 is 10.6 Å². The highest BCUT2D eigenvalue weighted by molar-refractivity contribution is 6.31. The number of nitrogens with zero attached hydrogens (tertiary/aromatic N) is 1. The topological polar surface area (TPSA) is 70.7 Å². The van der Waals surface area contributed by atoms with E-state index in [0.29, 0.717) is 43.2 Å². The number of benzene rings is 3. The highest BCUT2D eigenvalue weighted by Crippen LogP contribution is 2.23. The molecule has 1 aliphatic rings. The first-order chi connectivity index (χ1) is 18.0. The zero-order valence-electron chi connectivity index (χ0n) is 21.6. The summed E-state index contributed by atoms with van der Waals surface area (Å²) in [6, 6.07) is 21.3. The van der Waals surface area contributed by atoms with Crippen LogP contribution in [0.1, 0.15) is 48.0 Å². The van der Waals surface area contributed by atoms with Crippen molar-refractivity contribution in [1.29, 1.82) is 0 Å². The van der Waals surface area contributed by atoms with Gasteiger partial charge >= 0.3 is 0 Å². The number of carbonyl (C=O) groups excluding carboxylic acids is 2. The summed E-state index contributed by atoms with van der Waals surface area (Å²) >= 11 is 6.08. The van der Waals surface area contributed by atoms with Crippen LogP contribution in [-0.4, -0.2) is 62.1 Å². The highest BCUT2D eigenvalue weighted by atomic mass is 35.5. The summed E-state index contributed by atoms with van der Waals surface area (Å²) in [4.78, 5) is 28.4. The van der Waals surface area contributed by atoms with Crippen molar-refractivity contribution in [2.24, 2.45) is 0 Å². The first-order valence-electron chi connectivity index (χ1n) is 13.0. The van der Waals surface area contributed by atoms with Crippen molar-refractivity contribution < 1.29 is 14.3 Å². The minimum absolute atomic E-state index is 0.0178. The van der Waals surface area contributed by atoms with E-state index in [-0.39, 0.29) is 29.8 Å². The van der Waals surface area contributed by atoms with Crippen LogP contribution in [0.5, 0.6) is 0 Å². The third-order valence-electron chi connectivity index (χ3n) is 7.18. The van der Waals surface area contributed by atoms with E-state index in [9.17, 15) is 9.59 Å². The maximum Gasteiger partial charge on any atom is 0.251 e. The van der Waals surface area contributed by atoms with Crippen LogP contribution in [0, 0.1) is 0 Å². The van der Waals surface area contributed by atoms with Crippen LogP contribution in [0.15, 0.2) is 66.7 Å². The van der Waals surface area contributed by atoms with Crippen LogP contribution in [-0.2, 0) is 9.53 Å². The Kier molecular flexibility index (Phi) is 9.56. The summed E-state index contributed by atoms with van der Waals surface area (Å²) < 4.78 is 5.29. The van der Waals surface area contributed by atoms with E-state index in [1.165, 1.54) is 5.56 Å². The standard InChI is InChI=1S/C30H36ClN3O3/c1-3-21(22-7-5-4-6-8-22)20-34-15-13-27(33-28(30(34)36)14-16-37-2)19-32-29(35)25-10-9-24-18-26(31)12-11-23(24)17-25/h4-12,17-18,21,27-28,33H,3,13-16,19-20H2,1-2H3,(H,32,35)/t21-,27+,28+/m1/s1. The van der Waals surface area contributed by atoms with Crippen molar-refractivity contribution in [3.05, 3.63) is 82.9 Å². The van der Waals surface area contributed by atoms with Crippen molar-refractivity contribution in [3.63, 3.8) is 0 Å². The Morgan fingerprint density at radius 2 is 1.89 bits per heavy atom. The monoisotopic (exact) mass is 521 g/mol. The molecule has 1 fully saturated rings. The molecule has 0 bridgehead atoms. The molecule has 0 radical (unpaired) electrons. The minimum Gasteiger partial charge on any atom is -0.385 e. The van der Waals surface area contributed by atoms with Gasteiger partial charge in [0.2, 0.25) is 5.91 Å². The molecule has 1 aliphatic heterocycles. The number of ether oxygens (including phenoxy) is 1. The summed E-state index contributed by atoms with van der Waals surface area (Å²) in [5.41, 5.74) is 1.86. The zero-order valence-corrected chi connectivity index (χ0v) is 22.3. The molecule has 0 aliphatic carbocycles. The Morgan fingerprint density at radius 3 is 2.65 bits per heavy atom. The third kappa shape index (κ3) is 7.10. The van der Waals surface area contributed by atoms with Crippen molar-refractivity contribution >= 4 is 34.2 Å². The molecule has 0 aromatic heterocycles. The predicted octanol–water partition coefficient (Wildman–Crippen LogP) is 5.01. The summed E-state index contributed by atoms with van der Waals surface area (Å²) in [6.07, 6.45) is 2.31. The minimum atomic E-state index is -0.344. The molecule has 1 saturated heterocycles. The number of fused-ring (bicyclic) bond motifs is 1. The van der Waals surface area contributed by atoms with Gasteiger partial charge in [-0.2, -0.15) is 0 Å². The summed E-state index contributed by atoms with van der Waals surface area (Å²) in [5.74, 6) is 0.260. The lowest BCUT2D eigenvalue weighted by atomic mass is 9.95. The van der Waals surface area contributed by atoms with Gasteiger partial charge in [-0.15, -0.1) is 0 Å². The SMILES string of the molecule is CC[C@H](CN1CC[C@@H](CNC(=O)c2ccc3cc(Cl)ccc3c2)N[C@@H](CCOC)C1=O)c1ccccc1. The Balaban J connectivity index is 1.42. The second kappa shape index (κ2) is 13.0. The Hall–Kier alpha value is -2.93. The molecular weight excluding hydrogens is 486 g/mol. The van der Waals surface area contributed by atoms with Crippen molar-refractivity contribution in [3.8, 4) is 0 Å². The van der Waals surface area contributed by atoms with Gasteiger partial charge in [-0.05, 0) is 59.9 Å². The fourth-order valence-electron chi connectivity index (χ4n) is 5.00. The van der Waals surface area contributed by atoms with E-state index >= 15 is 0 Å². The number of carbonyl (C=O) groups is 2. The van der Waals surface area contributed by atoms with E-state index < -0.39 is 0 Å². The maximum atomic E-state index is 13.5. The first kappa shape index (κ1) is 27.1. The highest BCUT2D eigenvalue weighted by Gasteiger charge is 2.32. The second-order valence-corrected chi connectivity index (χ2v) is 10.1. The smallest absolute Gasteiger partial charge is 0.251 e. The summed E-state index contributed by atoms with van der Waals surface area (Å²) in [5, 5.41) is 9.21. The maximum absolute atomic E-state index is 13.5. The average Bonchev–Trinajstić information content (AvgIpc) is 3.07. The van der Waals surface area contributed by atoms with Crippen LogP contribution in [0.3, 0.4) is 0 Å². The molecule has 2 amide bonds. The fraction of sp³-hybridized carbons (Fsp3) is 0.400. The Bertz CT molecular complexity index is 1200. The number of amides is 2. The molecule has 3 aromatic carbocycles. The predicted molar refractivity (Wildman–Crippen MR) is 149 cm³/mol. The molecule has 6 nitrogen and oxygen atoms in total. The quantitative estimate of drug-likeness (QED) is 0.393. The summed E-state index contributed by atoms with van der Waals surface area (Å²) in [6.45, 7) is 4.44. The van der Waals surface area contributed by atoms with Gasteiger partial charge in [0.05, 0.1) is 6.04 Å². The van der Waals surface area contributed by atoms with Crippen molar-refractivity contribution in [2.45, 2.75) is 44.2 Å². The largest absolute Gasteiger partial charge is 0.385 e. The fourth-order valence-corrected chi connectivity index (χ4v) is 5.18. The lowest BCUT2D eigenvalue weighted by Gasteiger charge is -2.28. The van der Waals surface area contributed by atoms with Gasteiger partial charge < -0.3 is 20.3 Å². The number of methoxy groups -OCH3 is 1. The van der Waals surface area contributed by atoms with Gasteiger partial charge in [0.25, 0.3) is 5.91 Å². The number of nitrogens with one attached hydrogen (secondary N) is 2. The van der Waals surface area contributed by atoms with Gasteiger partial charge in [-0.1, -0.05) is 61.0 Å². The normalized spacial score (nSPS) is 19.0. The molecule has 1 heterocycles.